The number of nitrogens with zero attached hydrogens (tertiary/aromatic N) is 4. The number of oxazole rings is 1. The molecule has 29 heavy (non-hydrogen) atoms. The summed E-state index contributed by atoms with van der Waals surface area (Å²) in [5.41, 5.74) is 1.22. The summed E-state index contributed by atoms with van der Waals surface area (Å²) in [6.07, 6.45) is 6.25. The van der Waals surface area contributed by atoms with Gasteiger partial charge in [-0.3, -0.25) is 9.89 Å². The first-order valence-electron chi connectivity index (χ1n) is 10.3. The van der Waals surface area contributed by atoms with Crippen LogP contribution in [-0.4, -0.2) is 60.5 Å². The van der Waals surface area contributed by atoms with Gasteiger partial charge in [-0.05, 0) is 5.56 Å². The van der Waals surface area contributed by atoms with Gasteiger partial charge in [-0.25, -0.2) is 4.98 Å². The van der Waals surface area contributed by atoms with E-state index in [2.05, 4.69) is 82.3 Å². The van der Waals surface area contributed by atoms with E-state index in [1.54, 1.807) is 0 Å². The van der Waals surface area contributed by atoms with Crippen LogP contribution >= 0.6 is 0 Å². The van der Waals surface area contributed by atoms with Crippen LogP contribution in [0.15, 0.2) is 52.0 Å². The molecule has 0 bridgehead atoms. The van der Waals surface area contributed by atoms with Crippen molar-refractivity contribution in [2.24, 2.45) is 4.99 Å². The molecule has 6 heteroatoms. The average Bonchev–Trinajstić information content (AvgIpc) is 3.20. The van der Waals surface area contributed by atoms with E-state index >= 15 is 0 Å². The second-order valence-electron chi connectivity index (χ2n) is 8.37. The molecule has 156 valence electrons. The Morgan fingerprint density at radius 1 is 1.17 bits per heavy atom. The number of nitrogens with one attached hydrogen (secondary N) is 1. The van der Waals surface area contributed by atoms with Crippen LogP contribution in [0.5, 0.6) is 0 Å². The Hall–Kier alpha value is -2.60. The lowest BCUT2D eigenvalue weighted by Gasteiger charge is -2.35. The molecule has 0 amide bonds. The number of hydrogen-bond donors (Lipinski definition) is 1. The van der Waals surface area contributed by atoms with Gasteiger partial charge in [-0.15, -0.1) is 0 Å². The number of guanidine groups is 1. The summed E-state index contributed by atoms with van der Waals surface area (Å²) in [4.78, 5) is 13.6. The maximum Gasteiger partial charge on any atom is 0.213 e. The molecule has 1 aliphatic rings. The monoisotopic (exact) mass is 395 g/mol. The normalized spacial score (nSPS) is 16.6. The number of hydrogen-bond acceptors (Lipinski definition) is 4. The molecule has 2 heterocycles. The van der Waals surface area contributed by atoms with Gasteiger partial charge in [0.1, 0.15) is 5.76 Å². The van der Waals surface area contributed by atoms with Crippen molar-refractivity contribution in [1.29, 1.82) is 0 Å². The Balaban J connectivity index is 1.44. The Morgan fingerprint density at radius 3 is 2.52 bits per heavy atom. The molecule has 1 aromatic heterocycles. The average molecular weight is 396 g/mol. The molecule has 1 saturated heterocycles. The van der Waals surface area contributed by atoms with Gasteiger partial charge in [-0.2, -0.15) is 0 Å². The highest BCUT2D eigenvalue weighted by atomic mass is 16.4. The summed E-state index contributed by atoms with van der Waals surface area (Å²) in [6, 6.07) is 10.4. The molecule has 1 aromatic carbocycles. The smallest absolute Gasteiger partial charge is 0.213 e. The van der Waals surface area contributed by atoms with Crippen LogP contribution in [-0.2, 0) is 12.0 Å². The third kappa shape index (κ3) is 6.19. The molecular weight excluding hydrogens is 362 g/mol. The summed E-state index contributed by atoms with van der Waals surface area (Å²) in [6.45, 7) is 11.8. The lowest BCUT2D eigenvalue weighted by molar-refractivity contribution is 0.194. The van der Waals surface area contributed by atoms with Crippen LogP contribution in [0.4, 0.5) is 0 Å². The fourth-order valence-electron chi connectivity index (χ4n) is 3.27. The third-order valence-electron chi connectivity index (χ3n) is 5.05. The van der Waals surface area contributed by atoms with Crippen molar-refractivity contribution in [1.82, 2.24) is 20.1 Å². The molecule has 0 saturated carbocycles. The van der Waals surface area contributed by atoms with Gasteiger partial charge in [-0.1, -0.05) is 63.3 Å². The minimum absolute atomic E-state index is 0.0296. The molecular formula is C23H33N5O. The third-order valence-corrected chi connectivity index (χ3v) is 5.05. The van der Waals surface area contributed by atoms with Crippen molar-refractivity contribution in [3.8, 4) is 0 Å². The highest BCUT2D eigenvalue weighted by Gasteiger charge is 2.21. The van der Waals surface area contributed by atoms with E-state index in [0.717, 1.165) is 44.4 Å². The Labute approximate surface area is 174 Å². The number of rotatable bonds is 5. The molecule has 3 rings (SSSR count). The van der Waals surface area contributed by atoms with Crippen LogP contribution in [0.25, 0.3) is 6.08 Å². The second kappa shape index (κ2) is 9.74. The van der Waals surface area contributed by atoms with Crippen LogP contribution in [0.2, 0.25) is 0 Å². The minimum atomic E-state index is -0.0296. The topological polar surface area (TPSA) is 56.9 Å². The Kier molecular flexibility index (Phi) is 7.09. The lowest BCUT2D eigenvalue weighted by atomic mass is 9.94. The van der Waals surface area contributed by atoms with Crippen LogP contribution in [0.1, 0.15) is 38.0 Å². The molecule has 0 radical (unpaired) electrons. The zero-order valence-corrected chi connectivity index (χ0v) is 18.1. The molecule has 1 N–H and O–H groups in total. The second-order valence-corrected chi connectivity index (χ2v) is 8.37. The summed E-state index contributed by atoms with van der Waals surface area (Å²) >= 11 is 0. The van der Waals surface area contributed by atoms with Crippen molar-refractivity contribution >= 4 is 12.0 Å². The first-order valence-corrected chi connectivity index (χ1v) is 10.3. The van der Waals surface area contributed by atoms with E-state index in [0.29, 0.717) is 12.4 Å². The molecule has 0 aliphatic carbocycles. The van der Waals surface area contributed by atoms with Gasteiger partial charge in [0, 0.05) is 45.2 Å². The molecule has 1 fully saturated rings. The van der Waals surface area contributed by atoms with E-state index in [1.165, 1.54) is 5.56 Å². The minimum Gasteiger partial charge on any atom is -0.443 e. The van der Waals surface area contributed by atoms with Crippen molar-refractivity contribution in [3.63, 3.8) is 0 Å². The summed E-state index contributed by atoms with van der Waals surface area (Å²) in [5, 5.41) is 3.39. The van der Waals surface area contributed by atoms with Crippen molar-refractivity contribution < 1.29 is 4.42 Å². The maximum absolute atomic E-state index is 5.87. The van der Waals surface area contributed by atoms with Gasteiger partial charge < -0.3 is 14.6 Å². The van der Waals surface area contributed by atoms with Crippen molar-refractivity contribution in [3.05, 3.63) is 59.8 Å². The van der Waals surface area contributed by atoms with Crippen LogP contribution in [0, 0.1) is 0 Å². The zero-order valence-electron chi connectivity index (χ0n) is 18.1. The Morgan fingerprint density at radius 2 is 1.90 bits per heavy atom. The van der Waals surface area contributed by atoms with Gasteiger partial charge in [0.25, 0.3) is 0 Å². The lowest BCUT2D eigenvalue weighted by Crippen LogP contribution is -2.52. The zero-order chi connectivity index (χ0) is 20.7. The number of aliphatic imine (C=N–C) groups is 1. The van der Waals surface area contributed by atoms with Crippen LogP contribution in [0.3, 0.4) is 0 Å². The van der Waals surface area contributed by atoms with E-state index in [-0.39, 0.29) is 5.41 Å². The quantitative estimate of drug-likeness (QED) is 0.621. The number of aromatic nitrogens is 1. The molecule has 6 nitrogen and oxygen atoms in total. The predicted octanol–water partition coefficient (Wildman–Crippen LogP) is 3.38. The first-order chi connectivity index (χ1) is 14.0. The largest absolute Gasteiger partial charge is 0.443 e. The Bertz CT molecular complexity index is 811. The highest BCUT2D eigenvalue weighted by molar-refractivity contribution is 5.79. The van der Waals surface area contributed by atoms with Crippen molar-refractivity contribution in [2.75, 3.05) is 39.8 Å². The van der Waals surface area contributed by atoms with Crippen molar-refractivity contribution in [2.45, 2.75) is 32.7 Å². The van der Waals surface area contributed by atoms with E-state index in [1.807, 2.05) is 19.3 Å². The highest BCUT2D eigenvalue weighted by Crippen LogP contribution is 2.22. The molecule has 0 atom stereocenters. The van der Waals surface area contributed by atoms with Gasteiger partial charge in [0.15, 0.2) is 5.96 Å². The number of benzene rings is 1. The summed E-state index contributed by atoms with van der Waals surface area (Å²) < 4.78 is 5.87. The van der Waals surface area contributed by atoms with E-state index in [9.17, 15) is 0 Å². The standard InChI is InChI=1S/C23H33N5O/c1-23(2,3)20-17-25-21(29-20)18-26-22(24-4)28-15-13-27(14-16-28)12-8-11-19-9-6-5-7-10-19/h5-11,17H,12-16,18H2,1-4H3,(H,24,26)/b11-8+. The number of piperazine rings is 1. The molecule has 0 spiro atoms. The van der Waals surface area contributed by atoms with E-state index in [4.69, 9.17) is 4.42 Å². The van der Waals surface area contributed by atoms with Crippen LogP contribution < -0.4 is 5.32 Å². The SMILES string of the molecule is CN=C(NCc1ncc(C(C)(C)C)o1)N1CCN(C/C=C/c2ccccc2)CC1. The fourth-order valence-corrected chi connectivity index (χ4v) is 3.27. The summed E-state index contributed by atoms with van der Waals surface area (Å²) in [5.74, 6) is 2.50. The van der Waals surface area contributed by atoms with Gasteiger partial charge >= 0.3 is 0 Å². The van der Waals surface area contributed by atoms with E-state index < -0.39 is 0 Å². The van der Waals surface area contributed by atoms with Gasteiger partial charge in [0.2, 0.25) is 5.89 Å². The fraction of sp³-hybridized carbons (Fsp3) is 0.478. The molecule has 0 unspecified atom stereocenters. The summed E-state index contributed by atoms with van der Waals surface area (Å²) in [7, 11) is 1.83. The first kappa shape index (κ1) is 21.1. The molecule has 2 aromatic rings. The predicted molar refractivity (Wildman–Crippen MR) is 119 cm³/mol. The molecule has 1 aliphatic heterocycles. The maximum atomic E-state index is 5.87. The van der Waals surface area contributed by atoms with Gasteiger partial charge in [0.05, 0.1) is 12.7 Å².